The minimum absolute atomic E-state index is 0.0425. The molecule has 0 aromatic carbocycles. The molecule has 0 spiro atoms. The summed E-state index contributed by atoms with van der Waals surface area (Å²) in [5.74, 6) is -1.60. The Morgan fingerprint density at radius 2 is 1.74 bits per heavy atom. The fourth-order valence-corrected chi connectivity index (χ4v) is 6.87. The standard InChI is InChI=1S/C24H34N2O4S/c1-2-15-10-11-18-19(14-15)31-22(20(18)23(28)26-12-6-3-7-13-26)25-21(27)16-8-4-5-9-17(16)24(29)30/h15-17H,2-14H2,1H3,(H,25,27)(H,29,30)/t15-,16+,17-/m1/s1. The number of likely N-dealkylation sites (tertiary alicyclic amines) is 1. The first-order valence-electron chi connectivity index (χ1n) is 12.0. The molecular formula is C24H34N2O4S. The first kappa shape index (κ1) is 22.3. The maximum Gasteiger partial charge on any atom is 0.307 e. The topological polar surface area (TPSA) is 86.7 Å². The molecule has 170 valence electrons. The van der Waals surface area contributed by atoms with Crippen LogP contribution in [-0.2, 0) is 22.4 Å². The van der Waals surface area contributed by atoms with Gasteiger partial charge in [0.25, 0.3) is 5.91 Å². The fourth-order valence-electron chi connectivity index (χ4n) is 5.52. The summed E-state index contributed by atoms with van der Waals surface area (Å²) in [5, 5.41) is 13.3. The Hall–Kier alpha value is -1.89. The van der Waals surface area contributed by atoms with Gasteiger partial charge in [0.15, 0.2) is 0 Å². The molecule has 1 aliphatic heterocycles. The second-order valence-corrected chi connectivity index (χ2v) is 10.5. The third kappa shape index (κ3) is 4.66. The first-order chi connectivity index (χ1) is 15.0. The van der Waals surface area contributed by atoms with Crippen molar-refractivity contribution in [3.8, 4) is 0 Å². The SMILES string of the molecule is CC[C@@H]1CCc2c(sc(NC(=O)[C@H]3CCCC[C@H]3C(=O)O)c2C(=O)N2CCCCC2)C1. The maximum atomic E-state index is 13.5. The number of carbonyl (C=O) groups excluding carboxylic acids is 2. The highest BCUT2D eigenvalue weighted by Crippen LogP contribution is 2.42. The number of carboxylic acid groups (broad SMARTS) is 1. The van der Waals surface area contributed by atoms with E-state index in [1.54, 1.807) is 11.3 Å². The van der Waals surface area contributed by atoms with Crippen LogP contribution in [0.2, 0.25) is 0 Å². The van der Waals surface area contributed by atoms with E-state index < -0.39 is 17.8 Å². The van der Waals surface area contributed by atoms with Crippen LogP contribution >= 0.6 is 11.3 Å². The van der Waals surface area contributed by atoms with Crippen LogP contribution in [0.25, 0.3) is 0 Å². The molecule has 2 amide bonds. The summed E-state index contributed by atoms with van der Waals surface area (Å²) < 4.78 is 0. The molecule has 1 saturated carbocycles. The fraction of sp³-hybridized carbons (Fsp3) is 0.708. The smallest absolute Gasteiger partial charge is 0.307 e. The normalized spacial score (nSPS) is 26.2. The van der Waals surface area contributed by atoms with Gasteiger partial charge in [0.2, 0.25) is 5.91 Å². The molecule has 0 unspecified atom stereocenters. The molecule has 3 atom stereocenters. The number of rotatable bonds is 5. The van der Waals surface area contributed by atoms with Gasteiger partial charge in [0.1, 0.15) is 5.00 Å². The summed E-state index contributed by atoms with van der Waals surface area (Å²) in [5.41, 5.74) is 1.81. The van der Waals surface area contributed by atoms with E-state index in [2.05, 4.69) is 12.2 Å². The van der Waals surface area contributed by atoms with E-state index in [1.165, 1.54) is 4.88 Å². The van der Waals surface area contributed by atoms with E-state index in [4.69, 9.17) is 0 Å². The van der Waals surface area contributed by atoms with Gasteiger partial charge in [-0.2, -0.15) is 0 Å². The Labute approximate surface area is 188 Å². The van der Waals surface area contributed by atoms with Crippen LogP contribution in [0.5, 0.6) is 0 Å². The number of aliphatic carboxylic acids is 1. The van der Waals surface area contributed by atoms with E-state index in [0.29, 0.717) is 29.3 Å². The van der Waals surface area contributed by atoms with E-state index in [1.807, 2.05) is 4.90 Å². The minimum atomic E-state index is -0.888. The molecule has 0 bridgehead atoms. The van der Waals surface area contributed by atoms with Crippen molar-refractivity contribution < 1.29 is 19.5 Å². The molecular weight excluding hydrogens is 412 g/mol. The van der Waals surface area contributed by atoms with Crippen LogP contribution in [0.15, 0.2) is 0 Å². The maximum absolute atomic E-state index is 13.5. The lowest BCUT2D eigenvalue weighted by atomic mass is 9.78. The van der Waals surface area contributed by atoms with Gasteiger partial charge < -0.3 is 15.3 Å². The van der Waals surface area contributed by atoms with Gasteiger partial charge in [-0.25, -0.2) is 0 Å². The van der Waals surface area contributed by atoms with Gasteiger partial charge in [-0.15, -0.1) is 11.3 Å². The summed E-state index contributed by atoms with van der Waals surface area (Å²) in [4.78, 5) is 41.6. The quantitative estimate of drug-likeness (QED) is 0.685. The van der Waals surface area contributed by atoms with Crippen molar-refractivity contribution in [2.75, 3.05) is 18.4 Å². The number of hydrogen-bond donors (Lipinski definition) is 2. The molecule has 7 heteroatoms. The zero-order chi connectivity index (χ0) is 22.0. The molecule has 6 nitrogen and oxygen atoms in total. The van der Waals surface area contributed by atoms with Gasteiger partial charge in [-0.1, -0.05) is 26.2 Å². The van der Waals surface area contributed by atoms with E-state index in [9.17, 15) is 19.5 Å². The van der Waals surface area contributed by atoms with E-state index >= 15 is 0 Å². The van der Waals surface area contributed by atoms with Crippen molar-refractivity contribution in [1.82, 2.24) is 4.90 Å². The molecule has 3 aliphatic rings. The lowest BCUT2D eigenvalue weighted by Crippen LogP contribution is -2.38. The highest BCUT2D eigenvalue weighted by molar-refractivity contribution is 7.17. The zero-order valence-electron chi connectivity index (χ0n) is 18.5. The van der Waals surface area contributed by atoms with Crippen molar-refractivity contribution in [3.05, 3.63) is 16.0 Å². The number of carbonyl (C=O) groups is 3. The van der Waals surface area contributed by atoms with Crippen molar-refractivity contribution in [1.29, 1.82) is 0 Å². The third-order valence-corrected chi connectivity index (χ3v) is 8.63. The summed E-state index contributed by atoms with van der Waals surface area (Å²) in [7, 11) is 0. The Bertz CT molecular complexity index is 843. The highest BCUT2D eigenvalue weighted by Gasteiger charge is 2.37. The van der Waals surface area contributed by atoms with Crippen LogP contribution in [0.3, 0.4) is 0 Å². The molecule has 1 aromatic heterocycles. The third-order valence-electron chi connectivity index (χ3n) is 7.46. The summed E-state index contributed by atoms with van der Waals surface area (Å²) >= 11 is 1.55. The summed E-state index contributed by atoms with van der Waals surface area (Å²) in [6, 6.07) is 0. The number of nitrogens with one attached hydrogen (secondary N) is 1. The lowest BCUT2D eigenvalue weighted by molar-refractivity contribution is -0.147. The van der Waals surface area contributed by atoms with Crippen LogP contribution in [0.4, 0.5) is 5.00 Å². The number of fused-ring (bicyclic) bond motifs is 1. The molecule has 2 N–H and O–H groups in total. The Morgan fingerprint density at radius 1 is 1.03 bits per heavy atom. The molecule has 2 heterocycles. The molecule has 31 heavy (non-hydrogen) atoms. The molecule has 1 saturated heterocycles. The van der Waals surface area contributed by atoms with Crippen molar-refractivity contribution in [2.45, 2.75) is 77.6 Å². The predicted molar refractivity (Wildman–Crippen MR) is 122 cm³/mol. The zero-order valence-corrected chi connectivity index (χ0v) is 19.3. The van der Waals surface area contributed by atoms with Crippen molar-refractivity contribution >= 4 is 34.1 Å². The van der Waals surface area contributed by atoms with Gasteiger partial charge in [0, 0.05) is 18.0 Å². The Kier molecular flexibility index (Phi) is 6.99. The lowest BCUT2D eigenvalue weighted by Gasteiger charge is -2.29. The molecule has 4 rings (SSSR count). The predicted octanol–water partition coefficient (Wildman–Crippen LogP) is 4.72. The second kappa shape index (κ2) is 9.72. The number of thiophene rings is 1. The van der Waals surface area contributed by atoms with Crippen LogP contribution in [-0.4, -0.2) is 40.9 Å². The summed E-state index contributed by atoms with van der Waals surface area (Å²) in [6.07, 6.45) is 10.1. The van der Waals surface area contributed by atoms with Gasteiger partial charge in [-0.05, 0) is 62.8 Å². The molecule has 2 fully saturated rings. The second-order valence-electron chi connectivity index (χ2n) is 9.40. The van der Waals surface area contributed by atoms with Gasteiger partial charge >= 0.3 is 5.97 Å². The number of piperidine rings is 1. The van der Waals surface area contributed by atoms with Crippen molar-refractivity contribution in [2.24, 2.45) is 17.8 Å². The molecule has 2 aliphatic carbocycles. The van der Waals surface area contributed by atoms with Crippen LogP contribution in [0, 0.1) is 17.8 Å². The Morgan fingerprint density at radius 3 is 2.42 bits per heavy atom. The average molecular weight is 447 g/mol. The average Bonchev–Trinajstić information content (AvgIpc) is 3.15. The number of anilines is 1. The molecule has 1 aromatic rings. The summed E-state index contributed by atoms with van der Waals surface area (Å²) in [6.45, 7) is 3.76. The number of amides is 2. The molecule has 0 radical (unpaired) electrons. The first-order valence-corrected chi connectivity index (χ1v) is 12.8. The van der Waals surface area contributed by atoms with Crippen molar-refractivity contribution in [3.63, 3.8) is 0 Å². The van der Waals surface area contributed by atoms with Gasteiger partial charge in [-0.3, -0.25) is 14.4 Å². The van der Waals surface area contributed by atoms with Crippen LogP contribution in [0.1, 0.15) is 85.5 Å². The highest BCUT2D eigenvalue weighted by atomic mass is 32.1. The monoisotopic (exact) mass is 446 g/mol. The van der Waals surface area contributed by atoms with Gasteiger partial charge in [0.05, 0.1) is 17.4 Å². The van der Waals surface area contributed by atoms with E-state index in [0.717, 1.165) is 76.4 Å². The number of carboxylic acids is 1. The minimum Gasteiger partial charge on any atom is -0.481 e. The number of hydrogen-bond acceptors (Lipinski definition) is 4. The van der Waals surface area contributed by atoms with Crippen LogP contribution < -0.4 is 5.32 Å². The largest absolute Gasteiger partial charge is 0.481 e. The number of nitrogens with zero attached hydrogens (tertiary/aromatic N) is 1. The Balaban J connectivity index is 1.63. The van der Waals surface area contributed by atoms with E-state index in [-0.39, 0.29) is 11.8 Å².